The summed E-state index contributed by atoms with van der Waals surface area (Å²) < 4.78 is 39.3. The summed E-state index contributed by atoms with van der Waals surface area (Å²) in [5.74, 6) is -0.441. The van der Waals surface area contributed by atoms with Crippen molar-refractivity contribution in [3.8, 4) is 11.5 Å². The number of carbonyl (C=O) groups is 2. The fourth-order valence-electron chi connectivity index (χ4n) is 3.17. The molecule has 0 atom stereocenters. The number of amides is 2. The molecule has 0 aliphatic carbocycles. The first-order chi connectivity index (χ1) is 14.2. The summed E-state index contributed by atoms with van der Waals surface area (Å²) in [6.45, 7) is 1.73. The molecule has 2 amide bonds. The van der Waals surface area contributed by atoms with Crippen molar-refractivity contribution in [2.24, 2.45) is 0 Å². The van der Waals surface area contributed by atoms with E-state index in [9.17, 15) is 18.0 Å². The standard InChI is InChI=1S/C20H21ClN2O6S/c1-12-9-15(17(29-3)11-14(12)21)22-30(26,27)18-10-13(7-8-16(18)28-2)23-19(24)5-4-6-20(23)25/h7-11,22H,4-6H2,1-3H3. The van der Waals surface area contributed by atoms with Crippen molar-refractivity contribution >= 4 is 44.8 Å². The van der Waals surface area contributed by atoms with Crippen LogP contribution in [0.2, 0.25) is 5.02 Å². The zero-order chi connectivity index (χ0) is 22.1. The van der Waals surface area contributed by atoms with E-state index in [1.807, 2.05) is 0 Å². The van der Waals surface area contributed by atoms with E-state index >= 15 is 0 Å². The van der Waals surface area contributed by atoms with Crippen molar-refractivity contribution in [1.29, 1.82) is 0 Å². The molecule has 0 unspecified atom stereocenters. The number of nitrogens with zero attached hydrogens (tertiary/aromatic N) is 1. The minimum atomic E-state index is -4.16. The number of piperidine rings is 1. The summed E-state index contributed by atoms with van der Waals surface area (Å²) >= 11 is 6.09. The third kappa shape index (κ3) is 4.22. The zero-order valence-electron chi connectivity index (χ0n) is 16.7. The number of rotatable bonds is 6. The lowest BCUT2D eigenvalue weighted by atomic mass is 10.1. The molecule has 0 saturated carbocycles. The van der Waals surface area contributed by atoms with Crippen molar-refractivity contribution in [3.63, 3.8) is 0 Å². The van der Waals surface area contributed by atoms with Gasteiger partial charge in [0.25, 0.3) is 10.0 Å². The highest BCUT2D eigenvalue weighted by atomic mass is 35.5. The third-order valence-electron chi connectivity index (χ3n) is 4.70. The van der Waals surface area contributed by atoms with E-state index in [1.165, 1.54) is 38.5 Å². The Hall–Kier alpha value is -2.78. The molecule has 2 aromatic rings. The third-order valence-corrected chi connectivity index (χ3v) is 6.49. The van der Waals surface area contributed by atoms with E-state index < -0.39 is 10.0 Å². The highest BCUT2D eigenvalue weighted by Gasteiger charge is 2.30. The van der Waals surface area contributed by atoms with Gasteiger partial charge >= 0.3 is 0 Å². The lowest BCUT2D eigenvalue weighted by molar-refractivity contribution is -0.129. The van der Waals surface area contributed by atoms with Crippen LogP contribution in [0.1, 0.15) is 24.8 Å². The number of methoxy groups -OCH3 is 2. The minimum absolute atomic E-state index is 0.0628. The summed E-state index contributed by atoms with van der Waals surface area (Å²) in [6.07, 6.45) is 0.922. The van der Waals surface area contributed by atoms with Crippen LogP contribution in [-0.4, -0.2) is 34.5 Å². The topological polar surface area (TPSA) is 102 Å². The molecule has 8 nitrogen and oxygen atoms in total. The van der Waals surface area contributed by atoms with Crippen LogP contribution < -0.4 is 19.1 Å². The van der Waals surface area contributed by atoms with Gasteiger partial charge in [0.05, 0.1) is 25.6 Å². The van der Waals surface area contributed by atoms with Crippen molar-refractivity contribution in [1.82, 2.24) is 0 Å². The fourth-order valence-corrected chi connectivity index (χ4v) is 4.57. The Morgan fingerprint density at radius 1 is 1.00 bits per heavy atom. The number of ether oxygens (including phenoxy) is 2. The van der Waals surface area contributed by atoms with Gasteiger partial charge in [-0.3, -0.25) is 19.2 Å². The molecule has 160 valence electrons. The number of carbonyl (C=O) groups excluding carboxylic acids is 2. The van der Waals surface area contributed by atoms with Crippen LogP contribution >= 0.6 is 11.6 Å². The van der Waals surface area contributed by atoms with E-state index in [0.29, 0.717) is 17.0 Å². The summed E-state index contributed by atoms with van der Waals surface area (Å²) in [7, 11) is -1.43. The maximum Gasteiger partial charge on any atom is 0.265 e. The van der Waals surface area contributed by atoms with Crippen LogP contribution in [0.3, 0.4) is 0 Å². The van der Waals surface area contributed by atoms with E-state index in [-0.39, 0.29) is 52.4 Å². The van der Waals surface area contributed by atoms with Gasteiger partial charge in [-0.2, -0.15) is 0 Å². The second-order valence-electron chi connectivity index (χ2n) is 6.72. The van der Waals surface area contributed by atoms with Gasteiger partial charge in [0.1, 0.15) is 16.4 Å². The maximum absolute atomic E-state index is 13.2. The van der Waals surface area contributed by atoms with Crippen molar-refractivity contribution in [2.45, 2.75) is 31.1 Å². The van der Waals surface area contributed by atoms with E-state index in [2.05, 4.69) is 4.72 Å². The molecule has 0 spiro atoms. The molecule has 1 aliphatic heterocycles. The average molecular weight is 453 g/mol. The number of anilines is 2. The largest absolute Gasteiger partial charge is 0.495 e. The Balaban J connectivity index is 2.06. The Morgan fingerprint density at radius 2 is 1.63 bits per heavy atom. The van der Waals surface area contributed by atoms with Gasteiger partial charge in [-0.1, -0.05) is 11.6 Å². The molecule has 0 radical (unpaired) electrons. The van der Waals surface area contributed by atoms with E-state index in [1.54, 1.807) is 13.0 Å². The monoisotopic (exact) mass is 452 g/mol. The first kappa shape index (κ1) is 21.9. The maximum atomic E-state index is 13.2. The summed E-state index contributed by atoms with van der Waals surface area (Å²) in [4.78, 5) is 25.3. The molecular formula is C20H21ClN2O6S. The second kappa shape index (κ2) is 8.53. The summed E-state index contributed by atoms with van der Waals surface area (Å²) in [5, 5.41) is 0.427. The molecule has 0 aromatic heterocycles. The van der Waals surface area contributed by atoms with Gasteiger partial charge in [0.15, 0.2) is 0 Å². The predicted molar refractivity (Wildman–Crippen MR) is 113 cm³/mol. The number of hydrogen-bond donors (Lipinski definition) is 1. The van der Waals surface area contributed by atoms with Crippen LogP contribution in [-0.2, 0) is 19.6 Å². The van der Waals surface area contributed by atoms with Gasteiger partial charge in [0, 0.05) is 23.9 Å². The summed E-state index contributed by atoms with van der Waals surface area (Å²) in [6, 6.07) is 7.19. The Labute approximate surface area is 179 Å². The van der Waals surface area contributed by atoms with Crippen LogP contribution in [0.25, 0.3) is 0 Å². The number of hydrogen-bond acceptors (Lipinski definition) is 6. The number of sulfonamides is 1. The van der Waals surface area contributed by atoms with Gasteiger partial charge in [-0.25, -0.2) is 8.42 Å². The Kier molecular flexibility index (Phi) is 6.23. The average Bonchev–Trinajstić information content (AvgIpc) is 2.70. The first-order valence-electron chi connectivity index (χ1n) is 9.08. The molecular weight excluding hydrogens is 432 g/mol. The molecule has 1 N–H and O–H groups in total. The normalized spacial score (nSPS) is 14.6. The van der Waals surface area contributed by atoms with Crippen LogP contribution in [0, 0.1) is 6.92 Å². The van der Waals surface area contributed by atoms with Crippen molar-refractivity contribution < 1.29 is 27.5 Å². The molecule has 1 heterocycles. The number of imide groups is 1. The lowest BCUT2D eigenvalue weighted by Gasteiger charge is -2.25. The molecule has 30 heavy (non-hydrogen) atoms. The number of aryl methyl sites for hydroxylation is 1. The molecule has 10 heteroatoms. The highest BCUT2D eigenvalue weighted by Crippen LogP contribution is 2.36. The summed E-state index contributed by atoms with van der Waals surface area (Å²) in [5.41, 5.74) is 1.02. The molecule has 1 saturated heterocycles. The van der Waals surface area contributed by atoms with Crippen LogP contribution in [0.4, 0.5) is 11.4 Å². The van der Waals surface area contributed by atoms with Crippen LogP contribution in [0.5, 0.6) is 11.5 Å². The fraction of sp³-hybridized carbons (Fsp3) is 0.300. The minimum Gasteiger partial charge on any atom is -0.495 e. The predicted octanol–water partition coefficient (Wildman–Crippen LogP) is 3.51. The van der Waals surface area contributed by atoms with E-state index in [4.69, 9.17) is 21.1 Å². The Morgan fingerprint density at radius 3 is 2.23 bits per heavy atom. The van der Waals surface area contributed by atoms with Gasteiger partial charge in [0.2, 0.25) is 11.8 Å². The lowest BCUT2D eigenvalue weighted by Crippen LogP contribution is -2.40. The number of benzene rings is 2. The number of nitrogens with one attached hydrogen (secondary N) is 1. The molecule has 2 aromatic carbocycles. The molecule has 1 fully saturated rings. The highest BCUT2D eigenvalue weighted by molar-refractivity contribution is 7.92. The molecule has 0 bridgehead atoms. The number of halogens is 1. The van der Waals surface area contributed by atoms with Gasteiger partial charge < -0.3 is 9.47 Å². The van der Waals surface area contributed by atoms with Gasteiger partial charge in [-0.15, -0.1) is 0 Å². The van der Waals surface area contributed by atoms with E-state index in [0.717, 1.165) is 4.90 Å². The van der Waals surface area contributed by atoms with Gasteiger partial charge in [-0.05, 0) is 43.2 Å². The quantitative estimate of drug-likeness (QED) is 0.673. The van der Waals surface area contributed by atoms with Crippen molar-refractivity contribution in [2.75, 3.05) is 23.8 Å². The van der Waals surface area contributed by atoms with Crippen LogP contribution in [0.15, 0.2) is 35.2 Å². The molecule has 3 rings (SSSR count). The Bertz CT molecular complexity index is 1100. The molecule has 1 aliphatic rings. The first-order valence-corrected chi connectivity index (χ1v) is 10.9. The SMILES string of the molecule is COc1cc(Cl)c(C)cc1NS(=O)(=O)c1cc(N2C(=O)CCCC2=O)ccc1OC. The zero-order valence-corrected chi connectivity index (χ0v) is 18.3. The smallest absolute Gasteiger partial charge is 0.265 e. The van der Waals surface area contributed by atoms with Crippen molar-refractivity contribution in [3.05, 3.63) is 40.9 Å². The second-order valence-corrected chi connectivity index (χ2v) is 8.78.